The van der Waals surface area contributed by atoms with Crippen LogP contribution in [0.2, 0.25) is 0 Å². The van der Waals surface area contributed by atoms with Crippen molar-refractivity contribution in [1.29, 1.82) is 0 Å². The van der Waals surface area contributed by atoms with Crippen molar-refractivity contribution in [1.82, 2.24) is 15.0 Å². The Bertz CT molecular complexity index is 1010. The fourth-order valence-corrected chi connectivity index (χ4v) is 2.84. The molecule has 0 bridgehead atoms. The van der Waals surface area contributed by atoms with Gasteiger partial charge in [0.05, 0.1) is 13.0 Å². The fourth-order valence-electron chi connectivity index (χ4n) is 2.84. The van der Waals surface area contributed by atoms with E-state index in [0.29, 0.717) is 37.0 Å². The summed E-state index contributed by atoms with van der Waals surface area (Å²) in [6.45, 7) is 4.58. The second-order valence-electron chi connectivity index (χ2n) is 7.16. The number of amides is 2. The lowest BCUT2D eigenvalue weighted by Crippen LogP contribution is -2.33. The number of hydrogen-bond acceptors (Lipinski definition) is 6. The van der Waals surface area contributed by atoms with Crippen LogP contribution in [0.15, 0.2) is 53.1 Å². The number of likely N-dealkylation sites (N-methyl/N-ethyl adjacent to an activating group) is 1. The van der Waals surface area contributed by atoms with Gasteiger partial charge in [-0.15, -0.1) is 0 Å². The third kappa shape index (κ3) is 6.40. The molecule has 0 saturated heterocycles. The standard InChI is InChI=1S/C23H26N4O4/c1-4-30-21(28)15-17-7-11-19(12-8-17)24-23(29)27(3)14-13-20-25-22(31-26-20)18-9-5-16(2)6-10-18/h5-12H,4,13-15H2,1-3H3,(H,24,29). The zero-order valence-electron chi connectivity index (χ0n) is 17.9. The van der Waals surface area contributed by atoms with E-state index in [9.17, 15) is 9.59 Å². The molecule has 2 amide bonds. The maximum absolute atomic E-state index is 12.4. The minimum Gasteiger partial charge on any atom is -0.466 e. The lowest BCUT2D eigenvalue weighted by Gasteiger charge is -2.17. The third-order valence-corrected chi connectivity index (χ3v) is 4.64. The number of aryl methyl sites for hydroxylation is 1. The highest BCUT2D eigenvalue weighted by Gasteiger charge is 2.13. The maximum Gasteiger partial charge on any atom is 0.321 e. The van der Waals surface area contributed by atoms with E-state index >= 15 is 0 Å². The van der Waals surface area contributed by atoms with Crippen LogP contribution in [-0.4, -0.2) is 47.2 Å². The summed E-state index contributed by atoms with van der Waals surface area (Å²) in [5.74, 6) is 0.731. The predicted octanol–water partition coefficient (Wildman–Crippen LogP) is 3.86. The molecule has 31 heavy (non-hydrogen) atoms. The number of urea groups is 1. The number of rotatable bonds is 8. The average Bonchev–Trinajstić information content (AvgIpc) is 3.23. The van der Waals surface area contributed by atoms with Gasteiger partial charge < -0.3 is 19.5 Å². The number of carbonyl (C=O) groups is 2. The largest absolute Gasteiger partial charge is 0.466 e. The fraction of sp³-hybridized carbons (Fsp3) is 0.304. The van der Waals surface area contributed by atoms with Gasteiger partial charge in [0.1, 0.15) is 0 Å². The molecule has 3 rings (SSSR count). The number of nitrogens with zero attached hydrogens (tertiary/aromatic N) is 3. The molecule has 1 heterocycles. The smallest absolute Gasteiger partial charge is 0.321 e. The van der Waals surface area contributed by atoms with Gasteiger partial charge in [0.15, 0.2) is 5.82 Å². The molecule has 0 aliphatic heterocycles. The van der Waals surface area contributed by atoms with Crippen molar-refractivity contribution in [2.24, 2.45) is 0 Å². The van der Waals surface area contributed by atoms with E-state index in [2.05, 4.69) is 15.5 Å². The van der Waals surface area contributed by atoms with Gasteiger partial charge in [-0.3, -0.25) is 4.79 Å². The zero-order valence-corrected chi connectivity index (χ0v) is 17.9. The number of aromatic nitrogens is 2. The minimum absolute atomic E-state index is 0.206. The summed E-state index contributed by atoms with van der Waals surface area (Å²) >= 11 is 0. The van der Waals surface area contributed by atoms with Gasteiger partial charge in [0.2, 0.25) is 0 Å². The second-order valence-corrected chi connectivity index (χ2v) is 7.16. The normalized spacial score (nSPS) is 10.5. The van der Waals surface area contributed by atoms with Crippen LogP contribution in [0, 0.1) is 6.92 Å². The van der Waals surface area contributed by atoms with Crippen molar-refractivity contribution < 1.29 is 18.8 Å². The molecule has 0 fully saturated rings. The minimum atomic E-state index is -0.272. The molecular weight excluding hydrogens is 396 g/mol. The van der Waals surface area contributed by atoms with Gasteiger partial charge in [0.25, 0.3) is 5.89 Å². The number of benzene rings is 2. The lowest BCUT2D eigenvalue weighted by molar-refractivity contribution is -0.142. The third-order valence-electron chi connectivity index (χ3n) is 4.64. The quantitative estimate of drug-likeness (QED) is 0.554. The molecule has 2 aromatic carbocycles. The molecule has 0 saturated carbocycles. The Balaban J connectivity index is 1.48. The van der Waals surface area contributed by atoms with Crippen LogP contribution in [0.5, 0.6) is 0 Å². The van der Waals surface area contributed by atoms with Crippen molar-refractivity contribution in [3.05, 3.63) is 65.5 Å². The van der Waals surface area contributed by atoms with E-state index in [1.165, 1.54) is 0 Å². The summed E-state index contributed by atoms with van der Waals surface area (Å²) in [6, 6.07) is 14.7. The first kappa shape index (κ1) is 22.0. The second kappa shape index (κ2) is 10.4. The summed E-state index contributed by atoms with van der Waals surface area (Å²) in [7, 11) is 1.70. The molecule has 0 aliphatic carbocycles. The Morgan fingerprint density at radius 1 is 1.10 bits per heavy atom. The van der Waals surface area contributed by atoms with Crippen LogP contribution >= 0.6 is 0 Å². The van der Waals surface area contributed by atoms with Crippen LogP contribution in [0.3, 0.4) is 0 Å². The summed E-state index contributed by atoms with van der Waals surface area (Å²) in [6.07, 6.45) is 0.676. The number of anilines is 1. The summed E-state index contributed by atoms with van der Waals surface area (Å²) in [4.78, 5) is 29.9. The molecule has 162 valence electrons. The lowest BCUT2D eigenvalue weighted by atomic mass is 10.1. The summed E-state index contributed by atoms with van der Waals surface area (Å²) < 4.78 is 10.3. The number of nitrogens with one attached hydrogen (secondary N) is 1. The molecular formula is C23H26N4O4. The van der Waals surface area contributed by atoms with Crippen molar-refractivity contribution in [2.75, 3.05) is 25.5 Å². The molecule has 0 unspecified atom stereocenters. The van der Waals surface area contributed by atoms with Crippen molar-refractivity contribution in [2.45, 2.75) is 26.7 Å². The molecule has 0 atom stereocenters. The molecule has 3 aromatic rings. The number of hydrogen-bond donors (Lipinski definition) is 1. The highest BCUT2D eigenvalue weighted by atomic mass is 16.5. The van der Waals surface area contributed by atoms with Crippen molar-refractivity contribution in [3.8, 4) is 11.5 Å². The van der Waals surface area contributed by atoms with Gasteiger partial charge in [0, 0.05) is 31.3 Å². The van der Waals surface area contributed by atoms with Crippen LogP contribution in [0.25, 0.3) is 11.5 Å². The highest BCUT2D eigenvalue weighted by Crippen LogP contribution is 2.18. The zero-order chi connectivity index (χ0) is 22.2. The molecule has 8 heteroatoms. The molecule has 0 aliphatic rings. The number of carbonyl (C=O) groups excluding carboxylic acids is 2. The Kier molecular flexibility index (Phi) is 7.37. The first-order chi connectivity index (χ1) is 14.9. The SMILES string of the molecule is CCOC(=O)Cc1ccc(NC(=O)N(C)CCc2noc(-c3ccc(C)cc3)n2)cc1. The first-order valence-electron chi connectivity index (χ1n) is 10.1. The Hall–Kier alpha value is -3.68. The monoisotopic (exact) mass is 422 g/mol. The average molecular weight is 422 g/mol. The summed E-state index contributed by atoms with van der Waals surface area (Å²) in [5, 5.41) is 6.82. The van der Waals surface area contributed by atoms with Crippen LogP contribution in [-0.2, 0) is 22.4 Å². The van der Waals surface area contributed by atoms with Crippen LogP contribution in [0.4, 0.5) is 10.5 Å². The molecule has 1 aromatic heterocycles. The van der Waals surface area contributed by atoms with E-state index in [-0.39, 0.29) is 18.4 Å². The molecule has 8 nitrogen and oxygen atoms in total. The molecule has 0 radical (unpaired) electrons. The van der Waals surface area contributed by atoms with E-state index < -0.39 is 0 Å². The topological polar surface area (TPSA) is 97.6 Å². The number of ether oxygens (including phenoxy) is 1. The maximum atomic E-state index is 12.4. The van der Waals surface area contributed by atoms with Crippen LogP contribution in [0.1, 0.15) is 23.9 Å². The van der Waals surface area contributed by atoms with Gasteiger partial charge in [-0.25, -0.2) is 4.79 Å². The summed E-state index contributed by atoms with van der Waals surface area (Å²) in [5.41, 5.74) is 3.49. The van der Waals surface area contributed by atoms with Crippen molar-refractivity contribution in [3.63, 3.8) is 0 Å². The van der Waals surface area contributed by atoms with E-state index in [1.54, 1.807) is 43.1 Å². The Labute approximate surface area is 181 Å². The predicted molar refractivity (Wildman–Crippen MR) is 117 cm³/mol. The van der Waals surface area contributed by atoms with Gasteiger partial charge >= 0.3 is 12.0 Å². The van der Waals surface area contributed by atoms with Gasteiger partial charge in [-0.05, 0) is 43.7 Å². The van der Waals surface area contributed by atoms with E-state index in [4.69, 9.17) is 9.26 Å². The number of esters is 1. The Morgan fingerprint density at radius 2 is 1.81 bits per heavy atom. The highest BCUT2D eigenvalue weighted by molar-refractivity contribution is 5.89. The van der Waals surface area contributed by atoms with Gasteiger partial charge in [-0.2, -0.15) is 4.98 Å². The van der Waals surface area contributed by atoms with E-state index in [1.807, 2.05) is 31.2 Å². The Morgan fingerprint density at radius 3 is 2.48 bits per heavy atom. The van der Waals surface area contributed by atoms with Crippen molar-refractivity contribution >= 4 is 17.7 Å². The molecule has 1 N–H and O–H groups in total. The van der Waals surface area contributed by atoms with E-state index in [0.717, 1.165) is 16.7 Å². The first-order valence-corrected chi connectivity index (χ1v) is 10.1. The van der Waals surface area contributed by atoms with Gasteiger partial charge in [-0.1, -0.05) is 35.0 Å². The van der Waals surface area contributed by atoms with Crippen LogP contribution < -0.4 is 5.32 Å². The molecule has 0 spiro atoms.